The first kappa shape index (κ1) is 13.9. The summed E-state index contributed by atoms with van der Waals surface area (Å²) in [5.74, 6) is 0. The van der Waals surface area contributed by atoms with Gasteiger partial charge in [0.1, 0.15) is 0 Å². The predicted molar refractivity (Wildman–Crippen MR) is 73.1 cm³/mol. The minimum atomic E-state index is -0.492. The number of hydrogen-bond donors (Lipinski definition) is 1. The van der Waals surface area contributed by atoms with Gasteiger partial charge in [0.2, 0.25) is 0 Å². The van der Waals surface area contributed by atoms with E-state index in [1.165, 1.54) is 0 Å². The van der Waals surface area contributed by atoms with Crippen molar-refractivity contribution in [1.82, 2.24) is 0 Å². The number of aliphatic hydroxyl groups excluding tert-OH is 1. The van der Waals surface area contributed by atoms with Gasteiger partial charge in [-0.25, -0.2) is 0 Å². The van der Waals surface area contributed by atoms with E-state index in [4.69, 9.17) is 20.9 Å². The molecule has 1 fully saturated rings. The zero-order chi connectivity index (χ0) is 13.6. The van der Waals surface area contributed by atoms with Gasteiger partial charge in [0, 0.05) is 10.5 Å². The lowest BCUT2D eigenvalue weighted by molar-refractivity contribution is 0.00578. The fourth-order valence-electron chi connectivity index (χ4n) is 1.87. The standard InChI is InChI=1S/C13H18BClO3/c1-12(2)13(3,4)18-14(17-12)10-7-5-6-9(8-16)11(10)15/h5-7,16H,8H2,1-4H3. The van der Waals surface area contributed by atoms with Gasteiger partial charge in [0.25, 0.3) is 0 Å². The third-order valence-corrected chi connectivity index (χ3v) is 4.25. The second kappa shape index (κ2) is 4.53. The van der Waals surface area contributed by atoms with E-state index in [9.17, 15) is 5.11 Å². The minimum absolute atomic E-state index is 0.0911. The Morgan fingerprint density at radius 3 is 2.22 bits per heavy atom. The van der Waals surface area contributed by atoms with Crippen molar-refractivity contribution in [2.45, 2.75) is 45.5 Å². The summed E-state index contributed by atoms with van der Waals surface area (Å²) in [7, 11) is -0.492. The Hall–Kier alpha value is -0.545. The normalized spacial score (nSPS) is 21.3. The number of rotatable bonds is 2. The van der Waals surface area contributed by atoms with Crippen LogP contribution in [0.4, 0.5) is 0 Å². The first-order valence-corrected chi connectivity index (χ1v) is 6.40. The van der Waals surface area contributed by atoms with Crippen LogP contribution in [0.1, 0.15) is 33.3 Å². The largest absolute Gasteiger partial charge is 0.496 e. The number of hydrogen-bond acceptors (Lipinski definition) is 3. The third kappa shape index (κ3) is 2.18. The van der Waals surface area contributed by atoms with Gasteiger partial charge >= 0.3 is 7.12 Å². The maximum Gasteiger partial charge on any atom is 0.496 e. The molecule has 3 nitrogen and oxygen atoms in total. The maximum absolute atomic E-state index is 9.22. The highest BCUT2D eigenvalue weighted by atomic mass is 35.5. The molecule has 5 heteroatoms. The summed E-state index contributed by atoms with van der Waals surface area (Å²) in [5.41, 5.74) is 0.664. The van der Waals surface area contributed by atoms with Crippen LogP contribution in [0, 0.1) is 0 Å². The quantitative estimate of drug-likeness (QED) is 0.835. The van der Waals surface area contributed by atoms with Crippen LogP contribution in [0.2, 0.25) is 5.02 Å². The maximum atomic E-state index is 9.22. The van der Waals surface area contributed by atoms with E-state index < -0.39 is 18.3 Å². The molecular formula is C13H18BClO3. The van der Waals surface area contributed by atoms with Crippen LogP contribution in [0.15, 0.2) is 18.2 Å². The monoisotopic (exact) mass is 268 g/mol. The van der Waals surface area contributed by atoms with Crippen molar-refractivity contribution < 1.29 is 14.4 Å². The molecule has 0 bridgehead atoms. The fraction of sp³-hybridized carbons (Fsp3) is 0.538. The molecule has 1 heterocycles. The summed E-state index contributed by atoms with van der Waals surface area (Å²) in [6.07, 6.45) is 0. The Morgan fingerprint density at radius 1 is 1.17 bits per heavy atom. The van der Waals surface area contributed by atoms with Crippen LogP contribution in [0.3, 0.4) is 0 Å². The van der Waals surface area contributed by atoms with Crippen molar-refractivity contribution in [2.75, 3.05) is 0 Å². The zero-order valence-corrected chi connectivity index (χ0v) is 11.9. The van der Waals surface area contributed by atoms with Crippen molar-refractivity contribution >= 4 is 24.2 Å². The van der Waals surface area contributed by atoms with Gasteiger partial charge in [-0.05, 0) is 33.3 Å². The lowest BCUT2D eigenvalue weighted by atomic mass is 9.78. The molecule has 18 heavy (non-hydrogen) atoms. The Balaban J connectivity index is 2.35. The van der Waals surface area contributed by atoms with Gasteiger partial charge in [-0.3, -0.25) is 0 Å². The molecule has 1 aliphatic heterocycles. The molecule has 1 aliphatic rings. The molecular weight excluding hydrogens is 250 g/mol. The fourth-order valence-corrected chi connectivity index (χ4v) is 2.15. The highest BCUT2D eigenvalue weighted by Gasteiger charge is 2.52. The number of aliphatic hydroxyl groups is 1. The summed E-state index contributed by atoms with van der Waals surface area (Å²) in [5, 5.41) is 9.74. The molecule has 1 N–H and O–H groups in total. The molecule has 1 aromatic rings. The van der Waals surface area contributed by atoms with Crippen LogP contribution in [-0.2, 0) is 15.9 Å². The highest BCUT2D eigenvalue weighted by Crippen LogP contribution is 2.37. The SMILES string of the molecule is CC1(C)OB(c2cccc(CO)c2Cl)OC1(C)C. The van der Waals surface area contributed by atoms with Gasteiger partial charge in [-0.15, -0.1) is 0 Å². The summed E-state index contributed by atoms with van der Waals surface area (Å²) < 4.78 is 11.9. The summed E-state index contributed by atoms with van der Waals surface area (Å²) in [4.78, 5) is 0. The van der Waals surface area contributed by atoms with E-state index in [0.717, 1.165) is 5.46 Å². The van der Waals surface area contributed by atoms with Crippen LogP contribution in [0.5, 0.6) is 0 Å². The molecule has 2 rings (SSSR count). The van der Waals surface area contributed by atoms with E-state index in [-0.39, 0.29) is 6.61 Å². The average Bonchev–Trinajstić information content (AvgIpc) is 2.48. The molecule has 0 radical (unpaired) electrons. The summed E-state index contributed by atoms with van der Waals surface area (Å²) in [6.45, 7) is 7.90. The van der Waals surface area contributed by atoms with Crippen molar-refractivity contribution in [3.8, 4) is 0 Å². The van der Waals surface area contributed by atoms with Gasteiger partial charge in [-0.1, -0.05) is 29.8 Å². The van der Waals surface area contributed by atoms with E-state index in [1.54, 1.807) is 6.07 Å². The van der Waals surface area contributed by atoms with Crippen LogP contribution in [-0.4, -0.2) is 23.4 Å². The highest BCUT2D eigenvalue weighted by molar-refractivity contribution is 6.65. The summed E-state index contributed by atoms with van der Waals surface area (Å²) in [6, 6.07) is 5.50. The Kier molecular flexibility index (Phi) is 3.49. The van der Waals surface area contributed by atoms with E-state index >= 15 is 0 Å². The lowest BCUT2D eigenvalue weighted by Gasteiger charge is -2.32. The molecule has 98 valence electrons. The van der Waals surface area contributed by atoms with Crippen LogP contribution in [0.25, 0.3) is 0 Å². The van der Waals surface area contributed by atoms with Crippen LogP contribution >= 0.6 is 11.6 Å². The van der Waals surface area contributed by atoms with Gasteiger partial charge in [0.05, 0.1) is 17.8 Å². The smallest absolute Gasteiger partial charge is 0.399 e. The molecule has 0 saturated carbocycles. The van der Waals surface area contributed by atoms with Crippen LogP contribution < -0.4 is 5.46 Å². The molecule has 0 aliphatic carbocycles. The Morgan fingerprint density at radius 2 is 1.72 bits per heavy atom. The second-order valence-corrected chi connectivity index (χ2v) is 5.94. The van der Waals surface area contributed by atoms with Crippen molar-refractivity contribution in [2.24, 2.45) is 0 Å². The average molecular weight is 269 g/mol. The zero-order valence-electron chi connectivity index (χ0n) is 11.2. The van der Waals surface area contributed by atoms with Crippen molar-refractivity contribution in [1.29, 1.82) is 0 Å². The first-order valence-electron chi connectivity index (χ1n) is 6.02. The number of halogens is 1. The summed E-state index contributed by atoms with van der Waals surface area (Å²) >= 11 is 6.26. The van der Waals surface area contributed by atoms with Gasteiger partial charge < -0.3 is 14.4 Å². The predicted octanol–water partition coefficient (Wildman–Crippen LogP) is 2.13. The lowest BCUT2D eigenvalue weighted by Crippen LogP contribution is -2.41. The molecule has 0 atom stereocenters. The topological polar surface area (TPSA) is 38.7 Å². The molecule has 1 aromatic carbocycles. The molecule has 0 unspecified atom stereocenters. The van der Waals surface area contributed by atoms with Gasteiger partial charge in [-0.2, -0.15) is 0 Å². The van der Waals surface area contributed by atoms with E-state index in [2.05, 4.69) is 0 Å². The molecule has 1 saturated heterocycles. The first-order chi connectivity index (χ1) is 8.28. The van der Waals surface area contributed by atoms with Crippen molar-refractivity contribution in [3.63, 3.8) is 0 Å². The second-order valence-electron chi connectivity index (χ2n) is 5.57. The molecule has 0 spiro atoms. The number of benzene rings is 1. The van der Waals surface area contributed by atoms with E-state index in [0.29, 0.717) is 10.6 Å². The molecule has 0 amide bonds. The third-order valence-electron chi connectivity index (χ3n) is 3.79. The van der Waals surface area contributed by atoms with Gasteiger partial charge in [0.15, 0.2) is 0 Å². The molecule has 0 aromatic heterocycles. The Bertz CT molecular complexity index is 444. The van der Waals surface area contributed by atoms with E-state index in [1.807, 2.05) is 39.8 Å². The Labute approximate surface area is 113 Å². The minimum Gasteiger partial charge on any atom is -0.399 e. The van der Waals surface area contributed by atoms with Crippen molar-refractivity contribution in [3.05, 3.63) is 28.8 Å².